The van der Waals surface area contributed by atoms with E-state index in [1.54, 1.807) is 6.07 Å². The monoisotopic (exact) mass is 355 g/mol. The van der Waals surface area contributed by atoms with Crippen LogP contribution in [-0.2, 0) is 4.74 Å². The Morgan fingerprint density at radius 3 is 2.60 bits per heavy atom. The first-order chi connectivity index (χ1) is 12.0. The van der Waals surface area contributed by atoms with Crippen molar-refractivity contribution < 1.29 is 27.8 Å². The second kappa shape index (κ2) is 9.00. The number of hydrogen-bond acceptors (Lipinski definition) is 5. The van der Waals surface area contributed by atoms with Crippen LogP contribution in [-0.4, -0.2) is 42.4 Å². The maximum Gasteiger partial charge on any atom is 0.258 e. The summed E-state index contributed by atoms with van der Waals surface area (Å²) in [6.07, 6.45) is 1.33. The molecule has 0 saturated heterocycles. The van der Waals surface area contributed by atoms with Crippen LogP contribution in [0.1, 0.15) is 10.4 Å². The molecule has 25 heavy (non-hydrogen) atoms. The molecule has 2 aromatic rings. The number of anilines is 2. The Morgan fingerprint density at radius 1 is 1.12 bits per heavy atom. The topological polar surface area (TPSA) is 83.5 Å². The minimum atomic E-state index is -1.70. The number of carbonyl (C=O) groups is 1. The van der Waals surface area contributed by atoms with Crippen molar-refractivity contribution in [2.24, 2.45) is 0 Å². The van der Waals surface area contributed by atoms with Crippen molar-refractivity contribution in [2.45, 2.75) is 0 Å². The quantitative estimate of drug-likeness (QED) is 0.499. The molecule has 1 aromatic heterocycles. The van der Waals surface area contributed by atoms with Gasteiger partial charge in [0.25, 0.3) is 5.91 Å². The Hall–Kier alpha value is -2.65. The third kappa shape index (κ3) is 5.16. The molecule has 9 heteroatoms. The zero-order valence-electron chi connectivity index (χ0n) is 13.1. The lowest BCUT2D eigenvalue weighted by atomic mass is 10.2. The third-order valence-corrected chi connectivity index (χ3v) is 3.09. The number of amides is 1. The minimum Gasteiger partial charge on any atom is -0.394 e. The highest BCUT2D eigenvalue weighted by molar-refractivity contribution is 6.04. The van der Waals surface area contributed by atoms with Gasteiger partial charge < -0.3 is 20.5 Å². The van der Waals surface area contributed by atoms with Crippen LogP contribution in [0.5, 0.6) is 0 Å². The van der Waals surface area contributed by atoms with Crippen LogP contribution >= 0.6 is 0 Å². The number of nitrogens with one attached hydrogen (secondary N) is 2. The number of halogens is 3. The van der Waals surface area contributed by atoms with Gasteiger partial charge in [-0.2, -0.15) is 0 Å². The molecule has 0 bridgehead atoms. The van der Waals surface area contributed by atoms with E-state index >= 15 is 0 Å². The standard InChI is InChI=1S/C16H16F3N3O3/c17-12-3-2-11(14(18)15(12)19)16(24)22-10-1-4-13(21-9-10)20-5-7-25-8-6-23/h1-4,9,23H,5-8H2,(H,20,21)(H,22,24). The van der Waals surface area contributed by atoms with Gasteiger partial charge in [-0.25, -0.2) is 18.2 Å². The van der Waals surface area contributed by atoms with Crippen LogP contribution in [0.2, 0.25) is 0 Å². The Kier molecular flexibility index (Phi) is 6.72. The summed E-state index contributed by atoms with van der Waals surface area (Å²) in [7, 11) is 0. The van der Waals surface area contributed by atoms with Crippen LogP contribution in [0.4, 0.5) is 24.7 Å². The predicted molar refractivity (Wildman–Crippen MR) is 84.9 cm³/mol. The second-order valence-corrected chi connectivity index (χ2v) is 4.87. The number of ether oxygens (including phenoxy) is 1. The number of nitrogens with zero attached hydrogens (tertiary/aromatic N) is 1. The lowest BCUT2D eigenvalue weighted by Crippen LogP contribution is -2.15. The first kappa shape index (κ1) is 18.7. The second-order valence-electron chi connectivity index (χ2n) is 4.87. The molecule has 0 aliphatic heterocycles. The zero-order chi connectivity index (χ0) is 18.2. The molecule has 0 atom stereocenters. The van der Waals surface area contributed by atoms with Gasteiger partial charge in [-0.1, -0.05) is 0 Å². The molecule has 1 heterocycles. The summed E-state index contributed by atoms with van der Waals surface area (Å²) in [5.41, 5.74) is -0.349. The average Bonchev–Trinajstić information content (AvgIpc) is 2.61. The van der Waals surface area contributed by atoms with Gasteiger partial charge in [0, 0.05) is 6.54 Å². The van der Waals surface area contributed by atoms with E-state index in [9.17, 15) is 18.0 Å². The minimum absolute atomic E-state index is 0.0504. The molecule has 0 aliphatic carbocycles. The number of hydrogen-bond donors (Lipinski definition) is 3. The van der Waals surface area contributed by atoms with Gasteiger partial charge in [0.05, 0.1) is 37.3 Å². The van der Waals surface area contributed by atoms with Gasteiger partial charge in [0.2, 0.25) is 0 Å². The predicted octanol–water partition coefficient (Wildman–Crippen LogP) is 2.17. The summed E-state index contributed by atoms with van der Waals surface area (Å²) in [6, 6.07) is 4.62. The fourth-order valence-electron chi connectivity index (χ4n) is 1.89. The average molecular weight is 355 g/mol. The Balaban J connectivity index is 1.92. The number of benzene rings is 1. The molecule has 6 nitrogen and oxygen atoms in total. The molecule has 1 amide bonds. The van der Waals surface area contributed by atoms with Crippen LogP contribution < -0.4 is 10.6 Å². The molecule has 134 valence electrons. The van der Waals surface area contributed by atoms with E-state index in [1.807, 2.05) is 0 Å². The van der Waals surface area contributed by atoms with E-state index in [0.29, 0.717) is 25.0 Å². The summed E-state index contributed by atoms with van der Waals surface area (Å²) in [4.78, 5) is 16.0. The molecule has 0 aliphatic rings. The van der Waals surface area contributed by atoms with Crippen molar-refractivity contribution in [1.29, 1.82) is 0 Å². The molecule has 0 radical (unpaired) electrons. The summed E-state index contributed by atoms with van der Waals surface area (Å²) in [5, 5.41) is 13.9. The molecule has 0 fully saturated rings. The van der Waals surface area contributed by atoms with Gasteiger partial charge in [-0.05, 0) is 24.3 Å². The van der Waals surface area contributed by atoms with E-state index in [-0.39, 0.29) is 18.9 Å². The summed E-state index contributed by atoms with van der Waals surface area (Å²) in [5.74, 6) is -5.02. The van der Waals surface area contributed by atoms with Crippen molar-refractivity contribution in [3.8, 4) is 0 Å². The number of aliphatic hydroxyl groups is 1. The molecule has 1 aromatic carbocycles. The highest BCUT2D eigenvalue weighted by Crippen LogP contribution is 2.17. The summed E-state index contributed by atoms with van der Waals surface area (Å²) >= 11 is 0. The SMILES string of the molecule is O=C(Nc1ccc(NCCOCCO)nc1)c1ccc(F)c(F)c1F. The van der Waals surface area contributed by atoms with E-state index in [0.717, 1.165) is 6.07 Å². The molecule has 0 spiro atoms. The van der Waals surface area contributed by atoms with Gasteiger partial charge in [0.15, 0.2) is 17.5 Å². The van der Waals surface area contributed by atoms with Crippen molar-refractivity contribution in [3.05, 3.63) is 53.5 Å². The van der Waals surface area contributed by atoms with E-state index in [1.165, 1.54) is 12.3 Å². The molecule has 0 unspecified atom stereocenters. The van der Waals surface area contributed by atoms with Crippen LogP contribution in [0.3, 0.4) is 0 Å². The lowest BCUT2D eigenvalue weighted by Gasteiger charge is -2.09. The summed E-state index contributed by atoms with van der Waals surface area (Å²) in [6.45, 7) is 1.06. The van der Waals surface area contributed by atoms with E-state index in [4.69, 9.17) is 9.84 Å². The largest absolute Gasteiger partial charge is 0.394 e. The fraction of sp³-hybridized carbons (Fsp3) is 0.250. The van der Waals surface area contributed by atoms with Gasteiger partial charge >= 0.3 is 0 Å². The zero-order valence-corrected chi connectivity index (χ0v) is 13.1. The molecular weight excluding hydrogens is 339 g/mol. The lowest BCUT2D eigenvalue weighted by molar-refractivity contribution is 0.0992. The smallest absolute Gasteiger partial charge is 0.258 e. The summed E-state index contributed by atoms with van der Waals surface area (Å²) < 4.78 is 44.7. The van der Waals surface area contributed by atoms with Gasteiger partial charge in [-0.3, -0.25) is 4.79 Å². The van der Waals surface area contributed by atoms with Crippen LogP contribution in [0, 0.1) is 17.5 Å². The number of carbonyl (C=O) groups excluding carboxylic acids is 1. The van der Waals surface area contributed by atoms with Gasteiger partial charge in [-0.15, -0.1) is 0 Å². The fourth-order valence-corrected chi connectivity index (χ4v) is 1.89. The number of aliphatic hydroxyl groups excluding tert-OH is 1. The Labute approximate surface area is 141 Å². The van der Waals surface area contributed by atoms with Crippen molar-refractivity contribution in [1.82, 2.24) is 4.98 Å². The Morgan fingerprint density at radius 2 is 1.92 bits per heavy atom. The van der Waals surface area contributed by atoms with Gasteiger partial charge in [0.1, 0.15) is 5.82 Å². The number of rotatable bonds is 8. The molecular formula is C16H16F3N3O3. The van der Waals surface area contributed by atoms with Crippen molar-refractivity contribution in [3.63, 3.8) is 0 Å². The maximum atomic E-state index is 13.6. The highest BCUT2D eigenvalue weighted by atomic mass is 19.2. The first-order valence-electron chi connectivity index (χ1n) is 7.36. The first-order valence-corrected chi connectivity index (χ1v) is 7.36. The molecule has 0 saturated carbocycles. The maximum absolute atomic E-state index is 13.6. The van der Waals surface area contributed by atoms with Crippen molar-refractivity contribution >= 4 is 17.4 Å². The van der Waals surface area contributed by atoms with Crippen LogP contribution in [0.15, 0.2) is 30.5 Å². The molecule has 2 rings (SSSR count). The number of aromatic nitrogens is 1. The third-order valence-electron chi connectivity index (χ3n) is 3.09. The van der Waals surface area contributed by atoms with E-state index in [2.05, 4.69) is 15.6 Å². The van der Waals surface area contributed by atoms with E-state index < -0.39 is 28.9 Å². The van der Waals surface area contributed by atoms with Crippen molar-refractivity contribution in [2.75, 3.05) is 37.0 Å². The molecule has 3 N–H and O–H groups in total. The Bertz CT molecular complexity index is 727. The van der Waals surface area contributed by atoms with Crippen LogP contribution in [0.25, 0.3) is 0 Å². The normalized spacial score (nSPS) is 10.6. The highest BCUT2D eigenvalue weighted by Gasteiger charge is 2.18. The number of pyridine rings is 1.